The number of hydrogen-bond acceptors (Lipinski definition) is 5. The van der Waals surface area contributed by atoms with Crippen LogP contribution in [-0.2, 0) is 25.3 Å². The molecule has 2 saturated heterocycles. The number of nitrogens with zero attached hydrogens (tertiary/aromatic N) is 2. The fourth-order valence-electron chi connectivity index (χ4n) is 3.76. The van der Waals surface area contributed by atoms with Gasteiger partial charge in [0.2, 0.25) is 15.9 Å². The molecular formula is C20H30FN3O4S. The number of nitrogens with one attached hydrogen (secondary N) is 1. The minimum absolute atomic E-state index is 0.0163. The molecular weight excluding hydrogens is 397 g/mol. The third-order valence-electron chi connectivity index (χ3n) is 5.53. The van der Waals surface area contributed by atoms with Crippen molar-refractivity contribution in [3.05, 3.63) is 35.6 Å². The zero-order chi connectivity index (χ0) is 20.7. The molecule has 0 unspecified atom stereocenters. The molecule has 1 aromatic rings. The van der Waals surface area contributed by atoms with E-state index in [-0.39, 0.29) is 23.4 Å². The van der Waals surface area contributed by atoms with Gasteiger partial charge in [0.15, 0.2) is 0 Å². The van der Waals surface area contributed by atoms with Crippen molar-refractivity contribution in [3.8, 4) is 0 Å². The number of morpholine rings is 1. The lowest BCUT2D eigenvalue weighted by molar-refractivity contribution is -0.126. The van der Waals surface area contributed by atoms with Crippen molar-refractivity contribution in [2.24, 2.45) is 5.92 Å². The van der Waals surface area contributed by atoms with Crippen molar-refractivity contribution in [3.63, 3.8) is 0 Å². The highest BCUT2D eigenvalue weighted by Crippen LogP contribution is 2.22. The lowest BCUT2D eigenvalue weighted by atomic mass is 9.97. The molecule has 0 aliphatic carbocycles. The lowest BCUT2D eigenvalue weighted by Gasteiger charge is -2.30. The van der Waals surface area contributed by atoms with E-state index in [0.29, 0.717) is 38.0 Å². The highest BCUT2D eigenvalue weighted by atomic mass is 32.2. The fraction of sp³-hybridized carbons (Fsp3) is 0.650. The third-order valence-corrected chi connectivity index (χ3v) is 7.38. The van der Waals surface area contributed by atoms with Gasteiger partial charge in [-0.15, -0.1) is 0 Å². The summed E-state index contributed by atoms with van der Waals surface area (Å²) in [7, 11) is -3.47. The van der Waals surface area contributed by atoms with Gasteiger partial charge in [0.25, 0.3) is 0 Å². The predicted molar refractivity (Wildman–Crippen MR) is 108 cm³/mol. The van der Waals surface area contributed by atoms with E-state index in [2.05, 4.69) is 10.2 Å². The number of carbonyl (C=O) groups excluding carboxylic acids is 1. The smallest absolute Gasteiger partial charge is 0.223 e. The molecule has 0 saturated carbocycles. The van der Waals surface area contributed by atoms with Crippen molar-refractivity contribution in [1.82, 2.24) is 14.5 Å². The molecule has 2 fully saturated rings. The summed E-state index contributed by atoms with van der Waals surface area (Å²) in [6.45, 7) is 5.70. The van der Waals surface area contributed by atoms with Crippen LogP contribution in [0.2, 0.25) is 0 Å². The lowest BCUT2D eigenvalue weighted by Crippen LogP contribution is -2.44. The van der Waals surface area contributed by atoms with Gasteiger partial charge in [0.05, 0.1) is 19.0 Å². The van der Waals surface area contributed by atoms with Crippen molar-refractivity contribution in [2.45, 2.75) is 25.0 Å². The molecule has 1 aromatic carbocycles. The maximum absolute atomic E-state index is 13.0. The topological polar surface area (TPSA) is 79.0 Å². The average Bonchev–Trinajstić information content (AvgIpc) is 2.73. The van der Waals surface area contributed by atoms with Crippen LogP contribution in [0.3, 0.4) is 0 Å². The average molecular weight is 428 g/mol. The fourth-order valence-corrected chi connectivity index (χ4v) is 5.33. The van der Waals surface area contributed by atoms with Gasteiger partial charge in [-0.05, 0) is 43.5 Å². The number of hydrogen-bond donors (Lipinski definition) is 1. The van der Waals surface area contributed by atoms with Crippen LogP contribution in [0.1, 0.15) is 24.8 Å². The Morgan fingerprint density at radius 2 is 1.76 bits per heavy atom. The molecule has 29 heavy (non-hydrogen) atoms. The van der Waals surface area contributed by atoms with Gasteiger partial charge in [0.1, 0.15) is 5.82 Å². The summed E-state index contributed by atoms with van der Waals surface area (Å²) >= 11 is 0. The van der Waals surface area contributed by atoms with Crippen molar-refractivity contribution >= 4 is 15.9 Å². The van der Waals surface area contributed by atoms with Crippen LogP contribution in [-0.4, -0.2) is 76.0 Å². The highest BCUT2D eigenvalue weighted by molar-refractivity contribution is 7.88. The first-order valence-corrected chi connectivity index (χ1v) is 11.8. The van der Waals surface area contributed by atoms with Gasteiger partial charge >= 0.3 is 0 Å². The van der Waals surface area contributed by atoms with Crippen LogP contribution in [0, 0.1) is 11.7 Å². The molecule has 0 aromatic heterocycles. The van der Waals surface area contributed by atoms with Crippen LogP contribution in [0.4, 0.5) is 4.39 Å². The molecule has 1 N–H and O–H groups in total. The van der Waals surface area contributed by atoms with E-state index >= 15 is 0 Å². The van der Waals surface area contributed by atoms with E-state index in [0.717, 1.165) is 39.3 Å². The van der Waals surface area contributed by atoms with Gasteiger partial charge in [0, 0.05) is 38.6 Å². The quantitative estimate of drug-likeness (QED) is 0.631. The minimum atomic E-state index is -3.47. The monoisotopic (exact) mass is 427 g/mol. The summed E-state index contributed by atoms with van der Waals surface area (Å²) in [5.74, 6) is -0.660. The number of rotatable bonds is 8. The third kappa shape index (κ3) is 6.74. The van der Waals surface area contributed by atoms with Crippen LogP contribution in [0.5, 0.6) is 0 Å². The first-order chi connectivity index (χ1) is 13.9. The molecule has 3 rings (SSSR count). The van der Waals surface area contributed by atoms with Crippen LogP contribution >= 0.6 is 0 Å². The van der Waals surface area contributed by atoms with Gasteiger partial charge < -0.3 is 10.1 Å². The molecule has 162 valence electrons. The van der Waals surface area contributed by atoms with E-state index in [9.17, 15) is 17.6 Å². The number of carbonyl (C=O) groups is 1. The summed E-state index contributed by atoms with van der Waals surface area (Å²) in [5, 5.41) is 2.99. The maximum Gasteiger partial charge on any atom is 0.223 e. The van der Waals surface area contributed by atoms with Gasteiger partial charge in [-0.1, -0.05) is 12.1 Å². The Hall–Kier alpha value is -1.55. The normalized spacial score (nSPS) is 19.9. The Morgan fingerprint density at radius 3 is 2.41 bits per heavy atom. The summed E-state index contributed by atoms with van der Waals surface area (Å²) in [6, 6.07) is 5.51. The Balaban J connectivity index is 1.37. The summed E-state index contributed by atoms with van der Waals surface area (Å²) in [4.78, 5) is 14.7. The first kappa shape index (κ1) is 22.1. The van der Waals surface area contributed by atoms with Crippen LogP contribution in [0.15, 0.2) is 24.3 Å². The number of amides is 1. The number of ether oxygens (including phenoxy) is 1. The van der Waals surface area contributed by atoms with E-state index in [4.69, 9.17) is 4.74 Å². The van der Waals surface area contributed by atoms with Crippen LogP contribution < -0.4 is 5.32 Å². The first-order valence-electron chi connectivity index (χ1n) is 10.2. The highest BCUT2D eigenvalue weighted by Gasteiger charge is 2.31. The Bertz CT molecular complexity index is 758. The number of piperidine rings is 1. The van der Waals surface area contributed by atoms with E-state index in [1.54, 1.807) is 0 Å². The molecule has 0 spiro atoms. The summed E-state index contributed by atoms with van der Waals surface area (Å²) in [6.07, 6.45) is 1.95. The van der Waals surface area contributed by atoms with Gasteiger partial charge in [-0.25, -0.2) is 17.1 Å². The van der Waals surface area contributed by atoms with Crippen molar-refractivity contribution in [1.29, 1.82) is 0 Å². The van der Waals surface area contributed by atoms with E-state index in [1.165, 1.54) is 28.6 Å². The number of halogens is 1. The van der Waals surface area contributed by atoms with Gasteiger partial charge in [-0.2, -0.15) is 0 Å². The maximum atomic E-state index is 13.0. The molecule has 1 amide bonds. The molecule has 7 nitrogen and oxygen atoms in total. The Kier molecular flexibility index (Phi) is 7.99. The standard InChI is InChI=1S/C20H30FN3O4S/c21-19-4-2-17(3-5-19)16-29(26,27)24-10-6-18(7-11-24)20(25)22-8-1-9-23-12-14-28-15-13-23/h2-5,18H,1,6-16H2,(H,22,25). The molecule has 0 bridgehead atoms. The molecule has 9 heteroatoms. The largest absolute Gasteiger partial charge is 0.379 e. The Morgan fingerprint density at radius 1 is 1.10 bits per heavy atom. The molecule has 2 heterocycles. The predicted octanol–water partition coefficient (Wildman–Crippen LogP) is 1.21. The second-order valence-electron chi connectivity index (χ2n) is 7.65. The SMILES string of the molecule is O=C(NCCCN1CCOCC1)C1CCN(S(=O)(=O)Cc2ccc(F)cc2)CC1. The zero-order valence-electron chi connectivity index (χ0n) is 16.7. The van der Waals surface area contributed by atoms with E-state index < -0.39 is 10.0 Å². The van der Waals surface area contributed by atoms with Crippen molar-refractivity contribution in [2.75, 3.05) is 52.5 Å². The number of benzene rings is 1. The second-order valence-corrected chi connectivity index (χ2v) is 9.62. The molecule has 0 atom stereocenters. The van der Waals surface area contributed by atoms with Crippen molar-refractivity contribution < 1.29 is 22.3 Å². The van der Waals surface area contributed by atoms with Crippen LogP contribution in [0.25, 0.3) is 0 Å². The van der Waals surface area contributed by atoms with Gasteiger partial charge in [-0.3, -0.25) is 9.69 Å². The second kappa shape index (κ2) is 10.5. The molecule has 0 radical (unpaired) electrons. The summed E-state index contributed by atoms with van der Waals surface area (Å²) < 4.78 is 44.9. The Labute approximate surface area is 172 Å². The zero-order valence-corrected chi connectivity index (χ0v) is 17.5. The molecule has 2 aliphatic rings. The molecule has 2 aliphatic heterocycles. The van der Waals surface area contributed by atoms with E-state index in [1.807, 2.05) is 0 Å². The summed E-state index contributed by atoms with van der Waals surface area (Å²) in [5.41, 5.74) is 0.562. The minimum Gasteiger partial charge on any atom is -0.379 e. The number of sulfonamides is 1.